The molecule has 2 rings (SSSR count). The van der Waals surface area contributed by atoms with Crippen LogP contribution in [0.2, 0.25) is 0 Å². The Labute approximate surface area is 126 Å². The van der Waals surface area contributed by atoms with Gasteiger partial charge < -0.3 is 0 Å². The topological polar surface area (TPSA) is 0 Å². The molecule has 0 N–H and O–H groups in total. The highest BCUT2D eigenvalue weighted by Gasteiger charge is 2.18. The van der Waals surface area contributed by atoms with Crippen LogP contribution in [0.1, 0.15) is 52.9 Å². The number of rotatable bonds is 7. The van der Waals surface area contributed by atoms with E-state index in [2.05, 4.69) is 57.2 Å². The van der Waals surface area contributed by atoms with Gasteiger partial charge in [0.2, 0.25) is 0 Å². The van der Waals surface area contributed by atoms with Crippen LogP contribution in [-0.4, -0.2) is 9.52 Å². The molecule has 1 heteroatoms. The molecule has 0 spiro atoms. The Kier molecular flexibility index (Phi) is 5.84. The van der Waals surface area contributed by atoms with Crippen molar-refractivity contribution in [3.05, 3.63) is 52.8 Å². The number of hydrogen-bond donors (Lipinski definition) is 0. The Morgan fingerprint density at radius 2 is 1.85 bits per heavy atom. The summed E-state index contributed by atoms with van der Waals surface area (Å²) in [6.45, 7) is 6.98. The van der Waals surface area contributed by atoms with Crippen molar-refractivity contribution in [2.75, 3.05) is 0 Å². The average Bonchev–Trinajstić information content (AvgIpc) is 2.83. The maximum Gasteiger partial charge on any atom is 0.0828 e. The monoisotopic (exact) mass is 284 g/mol. The summed E-state index contributed by atoms with van der Waals surface area (Å²) in [7, 11) is -0.240. The minimum atomic E-state index is -0.240. The van der Waals surface area contributed by atoms with Crippen molar-refractivity contribution in [3.8, 4) is 0 Å². The lowest BCUT2D eigenvalue weighted by Crippen LogP contribution is -2.15. The zero-order valence-corrected chi connectivity index (χ0v) is 14.7. The van der Waals surface area contributed by atoms with Crippen LogP contribution in [0, 0.1) is 5.92 Å². The molecule has 0 heterocycles. The van der Waals surface area contributed by atoms with Gasteiger partial charge >= 0.3 is 0 Å². The second-order valence-electron chi connectivity index (χ2n) is 6.31. The van der Waals surface area contributed by atoms with Crippen LogP contribution >= 0.6 is 0 Å². The first-order chi connectivity index (χ1) is 9.70. The summed E-state index contributed by atoms with van der Waals surface area (Å²) in [5.74, 6) is 0.689. The van der Waals surface area contributed by atoms with Gasteiger partial charge in [0.25, 0.3) is 0 Å². The summed E-state index contributed by atoms with van der Waals surface area (Å²) in [6.07, 6.45) is 9.22. The standard InChI is InChI=1S/C19H28Si/c1-4-5-7-10-16-13-18(14-19(16)15(2)3)20-17-11-8-6-9-12-17/h6,8-9,11-12,14-15H,4-5,7,10,13,20H2,1-3H3. The second-order valence-corrected chi connectivity index (χ2v) is 8.39. The quantitative estimate of drug-likeness (QED) is 0.517. The molecule has 1 aromatic rings. The van der Waals surface area contributed by atoms with E-state index in [1.165, 1.54) is 32.1 Å². The minimum Gasteiger partial charge on any atom is -0.0783 e. The van der Waals surface area contributed by atoms with E-state index in [-0.39, 0.29) is 9.52 Å². The molecule has 0 atom stereocenters. The Balaban J connectivity index is 2.00. The van der Waals surface area contributed by atoms with Gasteiger partial charge in [-0.25, -0.2) is 0 Å². The van der Waals surface area contributed by atoms with E-state index in [1.54, 1.807) is 21.5 Å². The van der Waals surface area contributed by atoms with Crippen molar-refractivity contribution in [2.45, 2.75) is 52.9 Å². The molecule has 0 saturated heterocycles. The fourth-order valence-corrected chi connectivity index (χ4v) is 4.90. The van der Waals surface area contributed by atoms with E-state index < -0.39 is 0 Å². The van der Waals surface area contributed by atoms with Gasteiger partial charge in [-0.05, 0) is 30.8 Å². The highest BCUT2D eigenvalue weighted by molar-refractivity contribution is 6.61. The van der Waals surface area contributed by atoms with Gasteiger partial charge in [-0.3, -0.25) is 0 Å². The van der Waals surface area contributed by atoms with E-state index in [0.29, 0.717) is 5.92 Å². The van der Waals surface area contributed by atoms with Crippen LogP contribution in [0.4, 0.5) is 0 Å². The molecule has 1 aromatic carbocycles. The van der Waals surface area contributed by atoms with Gasteiger partial charge in [-0.1, -0.05) is 86.0 Å². The molecule has 0 aromatic heterocycles. The number of allylic oxidation sites excluding steroid dienone is 4. The summed E-state index contributed by atoms with van der Waals surface area (Å²) >= 11 is 0. The molecule has 0 unspecified atom stereocenters. The van der Waals surface area contributed by atoms with Crippen LogP contribution in [-0.2, 0) is 0 Å². The molecule has 0 saturated carbocycles. The van der Waals surface area contributed by atoms with Crippen molar-refractivity contribution in [3.63, 3.8) is 0 Å². The third kappa shape index (κ3) is 4.21. The zero-order chi connectivity index (χ0) is 14.4. The van der Waals surface area contributed by atoms with Crippen molar-refractivity contribution < 1.29 is 0 Å². The van der Waals surface area contributed by atoms with Gasteiger partial charge in [-0.2, -0.15) is 0 Å². The molecule has 0 aliphatic heterocycles. The molecular formula is C19H28Si. The SMILES string of the molecule is CCCCCC1=C(C(C)C)C=C([SiH2]c2ccccc2)C1. The Hall–Kier alpha value is -1.08. The van der Waals surface area contributed by atoms with Crippen LogP contribution in [0.5, 0.6) is 0 Å². The summed E-state index contributed by atoms with van der Waals surface area (Å²) in [5.41, 5.74) is 3.39. The molecule has 1 aliphatic rings. The molecule has 0 bridgehead atoms. The van der Waals surface area contributed by atoms with E-state index in [4.69, 9.17) is 0 Å². The summed E-state index contributed by atoms with van der Waals surface area (Å²) in [6, 6.07) is 11.1. The summed E-state index contributed by atoms with van der Waals surface area (Å²) in [4.78, 5) is 0. The minimum absolute atomic E-state index is 0.240. The fraction of sp³-hybridized carbons (Fsp3) is 0.474. The zero-order valence-electron chi connectivity index (χ0n) is 13.3. The van der Waals surface area contributed by atoms with Gasteiger partial charge in [0.1, 0.15) is 0 Å². The van der Waals surface area contributed by atoms with Crippen molar-refractivity contribution >= 4 is 14.7 Å². The van der Waals surface area contributed by atoms with Crippen molar-refractivity contribution in [1.29, 1.82) is 0 Å². The number of unbranched alkanes of at least 4 members (excludes halogenated alkanes) is 2. The third-order valence-electron chi connectivity index (χ3n) is 4.19. The predicted molar refractivity (Wildman–Crippen MR) is 93.3 cm³/mol. The highest BCUT2D eigenvalue weighted by Crippen LogP contribution is 2.32. The van der Waals surface area contributed by atoms with E-state index in [0.717, 1.165) is 0 Å². The van der Waals surface area contributed by atoms with Crippen LogP contribution in [0.25, 0.3) is 0 Å². The summed E-state index contributed by atoms with van der Waals surface area (Å²) < 4.78 is 0. The maximum absolute atomic E-state index is 2.55. The van der Waals surface area contributed by atoms with Crippen LogP contribution in [0.15, 0.2) is 52.8 Å². The first kappa shape index (κ1) is 15.3. The van der Waals surface area contributed by atoms with E-state index in [1.807, 2.05) is 0 Å². The molecule has 20 heavy (non-hydrogen) atoms. The Morgan fingerprint density at radius 3 is 2.50 bits per heavy atom. The molecule has 1 aliphatic carbocycles. The van der Waals surface area contributed by atoms with E-state index >= 15 is 0 Å². The number of hydrogen-bond acceptors (Lipinski definition) is 0. The van der Waals surface area contributed by atoms with Gasteiger partial charge in [0, 0.05) is 0 Å². The van der Waals surface area contributed by atoms with Crippen LogP contribution in [0.3, 0.4) is 0 Å². The molecule has 0 nitrogen and oxygen atoms in total. The summed E-state index contributed by atoms with van der Waals surface area (Å²) in [5, 5.41) is 3.32. The van der Waals surface area contributed by atoms with Gasteiger partial charge in [0.05, 0.1) is 9.52 Å². The molecular weight excluding hydrogens is 256 g/mol. The number of benzene rings is 1. The lowest BCUT2D eigenvalue weighted by Gasteiger charge is -2.10. The van der Waals surface area contributed by atoms with Crippen LogP contribution < -0.4 is 5.19 Å². The first-order valence-electron chi connectivity index (χ1n) is 8.16. The van der Waals surface area contributed by atoms with E-state index in [9.17, 15) is 0 Å². The maximum atomic E-state index is 2.55. The van der Waals surface area contributed by atoms with Crippen molar-refractivity contribution in [1.82, 2.24) is 0 Å². The second kappa shape index (κ2) is 7.63. The lowest BCUT2D eigenvalue weighted by molar-refractivity contribution is 0.692. The average molecular weight is 285 g/mol. The predicted octanol–water partition coefficient (Wildman–Crippen LogP) is 4.30. The molecule has 0 radical (unpaired) electrons. The molecule has 108 valence electrons. The molecule has 0 amide bonds. The highest BCUT2D eigenvalue weighted by atomic mass is 28.2. The van der Waals surface area contributed by atoms with Crippen molar-refractivity contribution in [2.24, 2.45) is 5.92 Å². The third-order valence-corrected chi connectivity index (χ3v) is 5.97. The molecule has 0 fully saturated rings. The Morgan fingerprint density at radius 1 is 1.10 bits per heavy atom. The van der Waals surface area contributed by atoms with Gasteiger partial charge in [-0.15, -0.1) is 0 Å². The fourth-order valence-electron chi connectivity index (χ4n) is 3.12. The first-order valence-corrected chi connectivity index (χ1v) is 9.57. The Bertz CT molecular complexity index is 480. The van der Waals surface area contributed by atoms with Gasteiger partial charge in [0.15, 0.2) is 0 Å². The lowest BCUT2D eigenvalue weighted by atomic mass is 9.96. The smallest absolute Gasteiger partial charge is 0.0783 e. The largest absolute Gasteiger partial charge is 0.0828 e. The normalized spacial score (nSPS) is 15.7.